The van der Waals surface area contributed by atoms with Crippen LogP contribution >= 0.6 is 35.3 Å². The first-order chi connectivity index (χ1) is 12.5. The maximum atomic E-state index is 10.6. The average Bonchev–Trinajstić information content (AvgIpc) is 2.94. The quantitative estimate of drug-likeness (QED) is 0.127. The SMILES string of the molecule is CCNC(=NCc1nc(C)c(C)s1)NCCNc1ccc([N+](=O)[O-])cc1.I. The molecule has 2 rings (SSSR count). The number of aliphatic imine (C=N–C) groups is 1. The molecule has 0 aliphatic carbocycles. The van der Waals surface area contributed by atoms with Gasteiger partial charge in [0, 0.05) is 42.3 Å². The highest BCUT2D eigenvalue weighted by molar-refractivity contribution is 14.0. The molecule has 8 nitrogen and oxygen atoms in total. The molecule has 10 heteroatoms. The van der Waals surface area contributed by atoms with Crippen molar-refractivity contribution in [3.8, 4) is 0 Å². The van der Waals surface area contributed by atoms with Crippen molar-refractivity contribution in [3.05, 3.63) is 50.0 Å². The first-order valence-electron chi connectivity index (χ1n) is 8.43. The Morgan fingerprint density at radius 3 is 2.48 bits per heavy atom. The Kier molecular flexibility index (Phi) is 10.0. The molecular weight excluding hydrogens is 479 g/mol. The molecule has 2 aromatic rings. The van der Waals surface area contributed by atoms with Gasteiger partial charge in [-0.25, -0.2) is 9.98 Å². The number of aromatic nitrogens is 1. The van der Waals surface area contributed by atoms with Gasteiger partial charge in [0.2, 0.25) is 0 Å². The molecule has 0 amide bonds. The van der Waals surface area contributed by atoms with E-state index in [0.29, 0.717) is 19.6 Å². The molecule has 1 aromatic carbocycles. The van der Waals surface area contributed by atoms with Gasteiger partial charge in [-0.15, -0.1) is 35.3 Å². The lowest BCUT2D eigenvalue weighted by molar-refractivity contribution is -0.384. The van der Waals surface area contributed by atoms with E-state index in [2.05, 4.69) is 32.9 Å². The van der Waals surface area contributed by atoms with E-state index in [1.54, 1.807) is 23.5 Å². The number of nitrogens with one attached hydrogen (secondary N) is 3. The zero-order valence-corrected chi connectivity index (χ0v) is 18.8. The first-order valence-corrected chi connectivity index (χ1v) is 9.24. The number of anilines is 1. The molecule has 0 saturated carbocycles. The van der Waals surface area contributed by atoms with Crippen LogP contribution in [0.2, 0.25) is 0 Å². The van der Waals surface area contributed by atoms with E-state index in [0.717, 1.165) is 28.9 Å². The Balaban J connectivity index is 0.00000364. The van der Waals surface area contributed by atoms with Gasteiger partial charge in [0.25, 0.3) is 5.69 Å². The molecule has 0 spiro atoms. The topological polar surface area (TPSA) is 104 Å². The molecule has 27 heavy (non-hydrogen) atoms. The van der Waals surface area contributed by atoms with E-state index in [1.807, 2.05) is 13.8 Å². The number of nitro benzene ring substituents is 1. The summed E-state index contributed by atoms with van der Waals surface area (Å²) < 4.78 is 0. The van der Waals surface area contributed by atoms with E-state index in [9.17, 15) is 10.1 Å². The van der Waals surface area contributed by atoms with Crippen LogP contribution < -0.4 is 16.0 Å². The standard InChI is InChI=1S/C17H24N6O2S.HI/c1-4-18-17(21-11-16-22-12(2)13(3)26-16)20-10-9-19-14-5-7-15(8-6-14)23(24)25;/h5-8,19H,4,9-11H2,1-3H3,(H2,18,20,21);1H. The van der Waals surface area contributed by atoms with Gasteiger partial charge < -0.3 is 16.0 Å². The molecule has 1 aromatic heterocycles. The van der Waals surface area contributed by atoms with Crippen molar-refractivity contribution in [1.82, 2.24) is 15.6 Å². The summed E-state index contributed by atoms with van der Waals surface area (Å²) in [5.74, 6) is 0.739. The zero-order valence-electron chi connectivity index (χ0n) is 15.6. The summed E-state index contributed by atoms with van der Waals surface area (Å²) in [6, 6.07) is 6.37. The molecule has 0 bridgehead atoms. The third-order valence-corrected chi connectivity index (χ3v) is 4.67. The van der Waals surface area contributed by atoms with Crippen molar-refractivity contribution < 1.29 is 4.92 Å². The normalized spacial score (nSPS) is 10.9. The van der Waals surface area contributed by atoms with Crippen LogP contribution in [0.4, 0.5) is 11.4 Å². The predicted molar refractivity (Wildman–Crippen MR) is 121 cm³/mol. The highest BCUT2D eigenvalue weighted by Gasteiger charge is 2.05. The smallest absolute Gasteiger partial charge is 0.269 e. The maximum Gasteiger partial charge on any atom is 0.269 e. The van der Waals surface area contributed by atoms with Crippen molar-refractivity contribution in [2.45, 2.75) is 27.3 Å². The second-order valence-electron chi connectivity index (χ2n) is 5.60. The molecule has 3 N–H and O–H groups in total. The molecule has 0 saturated heterocycles. The average molecular weight is 504 g/mol. The number of hydrogen-bond donors (Lipinski definition) is 3. The zero-order chi connectivity index (χ0) is 18.9. The molecule has 0 aliphatic heterocycles. The van der Waals surface area contributed by atoms with Gasteiger partial charge in [0.15, 0.2) is 5.96 Å². The Morgan fingerprint density at radius 2 is 1.93 bits per heavy atom. The third-order valence-electron chi connectivity index (χ3n) is 3.61. The molecule has 148 valence electrons. The number of aryl methyl sites for hydroxylation is 2. The second-order valence-corrected chi connectivity index (χ2v) is 6.89. The van der Waals surface area contributed by atoms with Crippen molar-refractivity contribution in [3.63, 3.8) is 0 Å². The summed E-state index contributed by atoms with van der Waals surface area (Å²) in [7, 11) is 0. The fourth-order valence-electron chi connectivity index (χ4n) is 2.18. The van der Waals surface area contributed by atoms with Crippen molar-refractivity contribution in [2.75, 3.05) is 25.0 Å². The first kappa shape index (κ1) is 23.1. The van der Waals surface area contributed by atoms with Gasteiger partial charge in [-0.3, -0.25) is 10.1 Å². The number of hydrogen-bond acceptors (Lipinski definition) is 6. The maximum absolute atomic E-state index is 10.6. The van der Waals surface area contributed by atoms with Crippen LogP contribution in [0.3, 0.4) is 0 Å². The van der Waals surface area contributed by atoms with Crippen molar-refractivity contribution in [2.24, 2.45) is 4.99 Å². The van der Waals surface area contributed by atoms with Crippen LogP contribution in [0.5, 0.6) is 0 Å². The lowest BCUT2D eigenvalue weighted by Crippen LogP contribution is -2.39. The number of thiazole rings is 1. The predicted octanol–water partition coefficient (Wildman–Crippen LogP) is 3.45. The van der Waals surface area contributed by atoms with Crippen LogP contribution in [0.15, 0.2) is 29.3 Å². The summed E-state index contributed by atoms with van der Waals surface area (Å²) in [6.45, 7) is 8.74. The Morgan fingerprint density at radius 1 is 1.22 bits per heavy atom. The second kappa shape index (κ2) is 11.7. The number of nitrogens with zero attached hydrogens (tertiary/aromatic N) is 3. The fourth-order valence-corrected chi connectivity index (χ4v) is 3.04. The largest absolute Gasteiger partial charge is 0.383 e. The van der Waals surface area contributed by atoms with Gasteiger partial charge in [-0.1, -0.05) is 0 Å². The Bertz CT molecular complexity index is 744. The van der Waals surface area contributed by atoms with Crippen LogP contribution in [-0.2, 0) is 6.54 Å². The highest BCUT2D eigenvalue weighted by Crippen LogP contribution is 2.17. The van der Waals surface area contributed by atoms with Gasteiger partial charge >= 0.3 is 0 Å². The minimum absolute atomic E-state index is 0. The van der Waals surface area contributed by atoms with E-state index in [4.69, 9.17) is 0 Å². The monoisotopic (exact) mass is 504 g/mol. The van der Waals surface area contributed by atoms with Crippen LogP contribution in [-0.4, -0.2) is 35.5 Å². The summed E-state index contributed by atoms with van der Waals surface area (Å²) in [5, 5.41) is 21.3. The molecule has 0 fully saturated rings. The highest BCUT2D eigenvalue weighted by atomic mass is 127. The molecule has 0 unspecified atom stereocenters. The minimum Gasteiger partial charge on any atom is -0.383 e. The Hall–Kier alpha value is -1.95. The molecule has 0 radical (unpaired) electrons. The molecule has 0 aliphatic rings. The molecule has 1 heterocycles. The number of halogens is 1. The summed E-state index contributed by atoms with van der Waals surface area (Å²) in [5.41, 5.74) is 1.99. The molecular formula is C17H25IN6O2S. The molecule has 0 atom stereocenters. The summed E-state index contributed by atoms with van der Waals surface area (Å²) >= 11 is 1.67. The summed E-state index contributed by atoms with van der Waals surface area (Å²) in [4.78, 5) is 20.5. The van der Waals surface area contributed by atoms with Gasteiger partial charge in [-0.05, 0) is 32.9 Å². The summed E-state index contributed by atoms with van der Waals surface area (Å²) in [6.07, 6.45) is 0. The van der Waals surface area contributed by atoms with Gasteiger partial charge in [-0.2, -0.15) is 0 Å². The van der Waals surface area contributed by atoms with E-state index in [-0.39, 0.29) is 29.7 Å². The lowest BCUT2D eigenvalue weighted by atomic mass is 10.3. The minimum atomic E-state index is -0.407. The van der Waals surface area contributed by atoms with Crippen LogP contribution in [0, 0.1) is 24.0 Å². The fraction of sp³-hybridized carbons (Fsp3) is 0.412. The van der Waals surface area contributed by atoms with E-state index >= 15 is 0 Å². The van der Waals surface area contributed by atoms with Gasteiger partial charge in [0.1, 0.15) is 5.01 Å². The third kappa shape index (κ3) is 7.67. The number of rotatable bonds is 8. The number of guanidine groups is 1. The number of non-ortho nitro benzene ring substituents is 1. The van der Waals surface area contributed by atoms with Crippen LogP contribution in [0.25, 0.3) is 0 Å². The van der Waals surface area contributed by atoms with E-state index < -0.39 is 4.92 Å². The van der Waals surface area contributed by atoms with Crippen molar-refractivity contribution in [1.29, 1.82) is 0 Å². The van der Waals surface area contributed by atoms with Crippen LogP contribution in [0.1, 0.15) is 22.5 Å². The number of benzene rings is 1. The van der Waals surface area contributed by atoms with Gasteiger partial charge in [0.05, 0.1) is 17.2 Å². The van der Waals surface area contributed by atoms with E-state index in [1.165, 1.54) is 17.0 Å². The number of nitro groups is 1. The Labute approximate surface area is 180 Å². The van der Waals surface area contributed by atoms with Crippen molar-refractivity contribution >= 4 is 52.6 Å². The lowest BCUT2D eigenvalue weighted by Gasteiger charge is -2.12.